The maximum atomic E-state index is 9.86. The van der Waals surface area contributed by atoms with Crippen molar-refractivity contribution in [3.63, 3.8) is 0 Å². The lowest BCUT2D eigenvalue weighted by Gasteiger charge is -2.18. The first kappa shape index (κ1) is 13.0. The summed E-state index contributed by atoms with van der Waals surface area (Å²) >= 11 is 0. The van der Waals surface area contributed by atoms with Crippen molar-refractivity contribution < 1.29 is 5.11 Å². The maximum absolute atomic E-state index is 9.86. The van der Waals surface area contributed by atoms with E-state index in [0.29, 0.717) is 13.0 Å². The molecule has 1 aromatic rings. The number of rotatable bonds is 4. The normalized spacial score (nSPS) is 15.9. The first-order valence-electron chi connectivity index (χ1n) is 5.30. The number of benzene rings is 1. The molecule has 0 aliphatic carbocycles. The molecule has 1 atom stereocenters. The van der Waals surface area contributed by atoms with Crippen molar-refractivity contribution in [1.82, 2.24) is 4.90 Å². The van der Waals surface area contributed by atoms with Crippen LogP contribution in [0.5, 0.6) is 0 Å². The quantitative estimate of drug-likeness (QED) is 0.863. The molecule has 0 bridgehead atoms. The Bertz CT molecular complexity index is 329. The fourth-order valence-electron chi connectivity index (χ4n) is 1.78. The molecule has 2 rings (SSSR count). The SMILES string of the molecule is Cl.OC(Cc1ccccc1)CN1C=NCC1. The molecule has 0 saturated carbocycles. The molecule has 0 spiro atoms. The average molecular weight is 241 g/mol. The van der Waals surface area contributed by atoms with Crippen LogP contribution in [0.2, 0.25) is 0 Å². The zero-order chi connectivity index (χ0) is 10.5. The lowest BCUT2D eigenvalue weighted by Crippen LogP contribution is -2.31. The predicted molar refractivity (Wildman–Crippen MR) is 68.3 cm³/mol. The van der Waals surface area contributed by atoms with Gasteiger partial charge in [0, 0.05) is 19.5 Å². The number of nitrogens with zero attached hydrogens (tertiary/aromatic N) is 2. The molecule has 4 heteroatoms. The summed E-state index contributed by atoms with van der Waals surface area (Å²) in [5.41, 5.74) is 1.18. The monoisotopic (exact) mass is 240 g/mol. The van der Waals surface area contributed by atoms with Gasteiger partial charge in [-0.3, -0.25) is 4.99 Å². The Hall–Kier alpha value is -1.06. The molecule has 1 aromatic carbocycles. The van der Waals surface area contributed by atoms with Crippen molar-refractivity contribution in [2.75, 3.05) is 19.6 Å². The zero-order valence-electron chi connectivity index (χ0n) is 9.12. The van der Waals surface area contributed by atoms with E-state index in [9.17, 15) is 5.11 Å². The highest BCUT2D eigenvalue weighted by atomic mass is 35.5. The zero-order valence-corrected chi connectivity index (χ0v) is 9.94. The Balaban J connectivity index is 0.00000128. The van der Waals surface area contributed by atoms with Gasteiger partial charge < -0.3 is 10.0 Å². The summed E-state index contributed by atoms with van der Waals surface area (Å²) in [5, 5.41) is 9.86. The molecule has 1 aliphatic heterocycles. The smallest absolute Gasteiger partial charge is 0.0852 e. The lowest BCUT2D eigenvalue weighted by atomic mass is 10.1. The summed E-state index contributed by atoms with van der Waals surface area (Å²) in [6.45, 7) is 2.47. The standard InChI is InChI=1S/C12H16N2O.ClH/c15-12(9-14-7-6-13-10-14)8-11-4-2-1-3-5-11;/h1-5,10,12,15H,6-9H2;1H. The van der Waals surface area contributed by atoms with Gasteiger partial charge in [-0.2, -0.15) is 0 Å². The molecule has 1 aliphatic rings. The van der Waals surface area contributed by atoms with Crippen LogP contribution < -0.4 is 0 Å². The van der Waals surface area contributed by atoms with E-state index in [1.807, 2.05) is 36.7 Å². The first-order chi connectivity index (χ1) is 7.34. The third kappa shape index (κ3) is 3.83. The molecular formula is C12H17ClN2O. The van der Waals surface area contributed by atoms with Crippen LogP contribution >= 0.6 is 12.4 Å². The van der Waals surface area contributed by atoms with Crippen molar-refractivity contribution in [1.29, 1.82) is 0 Å². The number of halogens is 1. The van der Waals surface area contributed by atoms with E-state index in [4.69, 9.17) is 0 Å². The molecule has 1 unspecified atom stereocenters. The number of β-amino-alcohol motifs (C(OH)–C–C–N with tert-alkyl or cyclic N) is 1. The molecule has 0 fully saturated rings. The van der Waals surface area contributed by atoms with E-state index in [-0.39, 0.29) is 18.5 Å². The third-order valence-electron chi connectivity index (χ3n) is 2.52. The topological polar surface area (TPSA) is 35.8 Å². The Kier molecular flexibility index (Phi) is 5.29. The van der Waals surface area contributed by atoms with Gasteiger partial charge in [0.15, 0.2) is 0 Å². The fraction of sp³-hybridized carbons (Fsp3) is 0.417. The van der Waals surface area contributed by atoms with Crippen molar-refractivity contribution >= 4 is 18.7 Å². The van der Waals surface area contributed by atoms with Crippen LogP contribution in [0.25, 0.3) is 0 Å². The van der Waals surface area contributed by atoms with Crippen molar-refractivity contribution in [3.8, 4) is 0 Å². The Labute approximate surface area is 102 Å². The van der Waals surface area contributed by atoms with E-state index < -0.39 is 0 Å². The van der Waals surface area contributed by atoms with Gasteiger partial charge in [0.25, 0.3) is 0 Å². The number of aliphatic hydroxyl groups is 1. The molecule has 1 heterocycles. The molecule has 0 radical (unpaired) electrons. The Morgan fingerprint density at radius 3 is 2.69 bits per heavy atom. The number of hydrogen-bond acceptors (Lipinski definition) is 3. The van der Waals surface area contributed by atoms with Gasteiger partial charge in [-0.15, -0.1) is 12.4 Å². The first-order valence-corrected chi connectivity index (χ1v) is 5.30. The van der Waals surface area contributed by atoms with E-state index in [2.05, 4.69) is 9.89 Å². The fourth-order valence-corrected chi connectivity index (χ4v) is 1.78. The minimum atomic E-state index is -0.308. The van der Waals surface area contributed by atoms with Gasteiger partial charge >= 0.3 is 0 Å². The van der Waals surface area contributed by atoms with Gasteiger partial charge in [-0.25, -0.2) is 0 Å². The van der Waals surface area contributed by atoms with Gasteiger partial charge in [-0.1, -0.05) is 30.3 Å². The Morgan fingerprint density at radius 2 is 2.06 bits per heavy atom. The summed E-state index contributed by atoms with van der Waals surface area (Å²) in [7, 11) is 0. The molecule has 0 saturated heterocycles. The summed E-state index contributed by atoms with van der Waals surface area (Å²) in [6, 6.07) is 10.1. The highest BCUT2D eigenvalue weighted by Gasteiger charge is 2.11. The second-order valence-electron chi connectivity index (χ2n) is 3.86. The predicted octanol–water partition coefficient (Wildman–Crippen LogP) is 1.36. The second-order valence-corrected chi connectivity index (χ2v) is 3.86. The minimum Gasteiger partial charge on any atom is -0.391 e. The van der Waals surface area contributed by atoms with Crippen molar-refractivity contribution in [2.24, 2.45) is 4.99 Å². The van der Waals surface area contributed by atoms with Gasteiger partial charge in [0.1, 0.15) is 0 Å². The van der Waals surface area contributed by atoms with Crippen LogP contribution in [0.1, 0.15) is 5.56 Å². The highest BCUT2D eigenvalue weighted by molar-refractivity contribution is 5.85. The average Bonchev–Trinajstić information content (AvgIpc) is 2.71. The number of aliphatic imine (C=N–C) groups is 1. The largest absolute Gasteiger partial charge is 0.391 e. The maximum Gasteiger partial charge on any atom is 0.0852 e. The van der Waals surface area contributed by atoms with Crippen LogP contribution in [-0.2, 0) is 6.42 Å². The van der Waals surface area contributed by atoms with Gasteiger partial charge in [0.2, 0.25) is 0 Å². The highest BCUT2D eigenvalue weighted by Crippen LogP contribution is 2.05. The summed E-state index contributed by atoms with van der Waals surface area (Å²) < 4.78 is 0. The van der Waals surface area contributed by atoms with Crippen LogP contribution in [-0.4, -0.2) is 42.1 Å². The summed E-state index contributed by atoms with van der Waals surface area (Å²) in [6.07, 6.45) is 2.23. The molecule has 88 valence electrons. The minimum absolute atomic E-state index is 0. The summed E-state index contributed by atoms with van der Waals surface area (Å²) in [4.78, 5) is 6.18. The van der Waals surface area contributed by atoms with Gasteiger partial charge in [-0.05, 0) is 5.56 Å². The summed E-state index contributed by atoms with van der Waals surface area (Å²) in [5.74, 6) is 0. The lowest BCUT2D eigenvalue weighted by molar-refractivity contribution is 0.147. The molecule has 0 aromatic heterocycles. The van der Waals surface area contributed by atoms with Crippen LogP contribution in [0.3, 0.4) is 0 Å². The van der Waals surface area contributed by atoms with E-state index in [1.54, 1.807) is 0 Å². The van der Waals surface area contributed by atoms with Crippen LogP contribution in [0, 0.1) is 0 Å². The van der Waals surface area contributed by atoms with Crippen LogP contribution in [0.15, 0.2) is 35.3 Å². The molecule has 3 nitrogen and oxygen atoms in total. The van der Waals surface area contributed by atoms with E-state index in [0.717, 1.165) is 13.1 Å². The van der Waals surface area contributed by atoms with E-state index >= 15 is 0 Å². The molecular weight excluding hydrogens is 224 g/mol. The molecule has 1 N–H and O–H groups in total. The van der Waals surface area contributed by atoms with Crippen molar-refractivity contribution in [3.05, 3.63) is 35.9 Å². The second kappa shape index (κ2) is 6.51. The Morgan fingerprint density at radius 1 is 1.31 bits per heavy atom. The third-order valence-corrected chi connectivity index (χ3v) is 2.52. The molecule has 16 heavy (non-hydrogen) atoms. The van der Waals surface area contributed by atoms with E-state index in [1.165, 1.54) is 5.56 Å². The van der Waals surface area contributed by atoms with Crippen molar-refractivity contribution in [2.45, 2.75) is 12.5 Å². The molecule has 0 amide bonds. The number of aliphatic hydroxyl groups excluding tert-OH is 1. The number of hydrogen-bond donors (Lipinski definition) is 1. The van der Waals surface area contributed by atoms with Gasteiger partial charge in [0.05, 0.1) is 19.0 Å². The van der Waals surface area contributed by atoms with Crippen LogP contribution in [0.4, 0.5) is 0 Å².